The SMILES string of the molecule is C=C[C@@H]1C[C@]1(CC(=O)[C@@H]1CC(OC(=O)N2Cc3cccc(F)c3C2)CN1C(=O)CNC(=O)[C@@H]1CCC(=O)O1)C(=O)NS(=O)(=O)C1CC1. The molecule has 2 N–H and O–H groups in total. The predicted octanol–water partition coefficient (Wildman–Crippen LogP) is 0.829. The van der Waals surface area contributed by atoms with E-state index in [1.807, 2.05) is 0 Å². The van der Waals surface area contributed by atoms with Gasteiger partial charge in [0.15, 0.2) is 11.9 Å². The average molecular weight is 675 g/mol. The maximum absolute atomic E-state index is 14.3. The van der Waals surface area contributed by atoms with E-state index in [0.717, 1.165) is 4.90 Å². The summed E-state index contributed by atoms with van der Waals surface area (Å²) >= 11 is 0. The van der Waals surface area contributed by atoms with Gasteiger partial charge in [-0.3, -0.25) is 33.6 Å². The third kappa shape index (κ3) is 6.60. The molecule has 0 bridgehead atoms. The second-order valence-corrected chi connectivity index (χ2v) is 14.8. The van der Waals surface area contributed by atoms with Gasteiger partial charge >= 0.3 is 12.1 Å². The molecule has 3 aliphatic heterocycles. The standard InChI is InChI=1S/C31H35FN4O10S/c1-2-18-11-31(18,29(41)34-47(43,44)20-6-7-20)12-24(37)23-10-19(45-30(42)35-14-17-4-3-5-22(32)21(17)16-35)15-36(23)26(38)13-33-28(40)25-8-9-27(39)46-25/h2-5,18-20,23,25H,1,6-16H2,(H,33,40)(H,34,41)/t18-,19?,23+,25+,31-/m1/s1. The van der Waals surface area contributed by atoms with Crippen LogP contribution in [-0.2, 0) is 56.6 Å². The van der Waals surface area contributed by atoms with Gasteiger partial charge in [0.1, 0.15) is 11.9 Å². The van der Waals surface area contributed by atoms with Gasteiger partial charge in [-0.25, -0.2) is 17.6 Å². The normalized spacial score (nSPS) is 27.9. The Balaban J connectivity index is 1.15. The van der Waals surface area contributed by atoms with Crippen molar-refractivity contribution in [2.45, 2.75) is 81.5 Å². The number of nitrogens with one attached hydrogen (secondary N) is 2. The van der Waals surface area contributed by atoms with Crippen LogP contribution in [0.3, 0.4) is 0 Å². The number of ether oxygens (including phenoxy) is 2. The van der Waals surface area contributed by atoms with Crippen molar-refractivity contribution in [1.29, 1.82) is 0 Å². The molecule has 47 heavy (non-hydrogen) atoms. The van der Waals surface area contributed by atoms with Gasteiger partial charge < -0.3 is 19.7 Å². The molecule has 14 nitrogen and oxygen atoms in total. The summed E-state index contributed by atoms with van der Waals surface area (Å²) in [5, 5.41) is 1.77. The number of rotatable bonds is 11. The topological polar surface area (TPSA) is 186 Å². The first kappa shape index (κ1) is 32.6. The minimum Gasteiger partial charge on any atom is -0.452 e. The molecule has 1 aromatic rings. The van der Waals surface area contributed by atoms with Crippen molar-refractivity contribution in [2.75, 3.05) is 13.1 Å². The van der Waals surface area contributed by atoms with E-state index >= 15 is 0 Å². The van der Waals surface area contributed by atoms with Gasteiger partial charge in [-0.2, -0.15) is 0 Å². The fourth-order valence-corrected chi connectivity index (χ4v) is 7.97. The molecule has 1 unspecified atom stereocenters. The number of hydrogen-bond acceptors (Lipinski definition) is 10. The van der Waals surface area contributed by atoms with Gasteiger partial charge in [-0.1, -0.05) is 18.2 Å². The highest BCUT2D eigenvalue weighted by Gasteiger charge is 2.61. The van der Waals surface area contributed by atoms with E-state index in [0.29, 0.717) is 24.0 Å². The van der Waals surface area contributed by atoms with Crippen LogP contribution in [0.1, 0.15) is 56.1 Å². The number of amides is 4. The highest BCUT2D eigenvalue weighted by Crippen LogP contribution is 2.57. The number of halogens is 1. The summed E-state index contributed by atoms with van der Waals surface area (Å²) < 4.78 is 52.0. The van der Waals surface area contributed by atoms with Crippen molar-refractivity contribution >= 4 is 45.6 Å². The second-order valence-electron chi connectivity index (χ2n) is 12.8. The molecule has 0 radical (unpaired) electrons. The molecule has 2 aliphatic carbocycles. The summed E-state index contributed by atoms with van der Waals surface area (Å²) in [6, 6.07) is 3.38. The molecule has 2 saturated carbocycles. The number of cyclic esters (lactones) is 1. The highest BCUT2D eigenvalue weighted by atomic mass is 32.2. The molecule has 0 aromatic heterocycles. The number of sulfonamides is 1. The molecule has 4 amide bonds. The Bertz CT molecular complexity index is 1660. The molecule has 252 valence electrons. The fraction of sp³-hybridized carbons (Fsp3) is 0.548. The van der Waals surface area contributed by atoms with Crippen molar-refractivity contribution in [1.82, 2.24) is 19.8 Å². The number of esters is 1. The van der Waals surface area contributed by atoms with E-state index in [9.17, 15) is 41.6 Å². The van der Waals surface area contributed by atoms with Crippen LogP contribution in [0, 0.1) is 17.2 Å². The first-order valence-electron chi connectivity index (χ1n) is 15.5. The number of Topliss-reactive ketones (excluding diaryl/α,β-unsaturated/α-hetero) is 1. The Labute approximate surface area is 270 Å². The zero-order valence-corrected chi connectivity index (χ0v) is 26.3. The third-order valence-corrected chi connectivity index (χ3v) is 11.4. The summed E-state index contributed by atoms with van der Waals surface area (Å²) in [5.41, 5.74) is -0.357. The van der Waals surface area contributed by atoms with Crippen molar-refractivity contribution in [2.24, 2.45) is 11.3 Å². The quantitative estimate of drug-likeness (QED) is 0.252. The van der Waals surface area contributed by atoms with E-state index < -0.39 is 99.2 Å². The van der Waals surface area contributed by atoms with Crippen LogP contribution in [0.5, 0.6) is 0 Å². The predicted molar refractivity (Wildman–Crippen MR) is 159 cm³/mol. The lowest BCUT2D eigenvalue weighted by molar-refractivity contribution is -0.148. The molecule has 4 fully saturated rings. The first-order valence-corrected chi connectivity index (χ1v) is 17.1. The summed E-state index contributed by atoms with van der Waals surface area (Å²) in [6.45, 7) is 3.07. The summed E-state index contributed by atoms with van der Waals surface area (Å²) in [7, 11) is -3.89. The largest absolute Gasteiger partial charge is 0.452 e. The number of allylic oxidation sites excluding steroid dienone is 1. The van der Waals surface area contributed by atoms with Crippen LogP contribution in [0.2, 0.25) is 0 Å². The van der Waals surface area contributed by atoms with Crippen molar-refractivity contribution in [3.63, 3.8) is 0 Å². The molecule has 1 aromatic carbocycles. The molecule has 16 heteroatoms. The van der Waals surface area contributed by atoms with Crippen LogP contribution < -0.4 is 10.0 Å². The van der Waals surface area contributed by atoms with Crippen molar-refractivity contribution < 1.29 is 51.0 Å². The van der Waals surface area contributed by atoms with Gasteiger partial charge in [-0.05, 0) is 36.8 Å². The lowest BCUT2D eigenvalue weighted by Gasteiger charge is -2.25. The molecule has 6 rings (SSSR count). The Morgan fingerprint density at radius 3 is 2.55 bits per heavy atom. The molecular formula is C31H35FN4O10S. The summed E-state index contributed by atoms with van der Waals surface area (Å²) in [4.78, 5) is 80.0. The minimum atomic E-state index is -3.89. The Hall–Kier alpha value is -4.34. The fourth-order valence-electron chi connectivity index (χ4n) is 6.59. The molecular weight excluding hydrogens is 639 g/mol. The zero-order chi connectivity index (χ0) is 33.7. The number of ketones is 1. The number of nitrogens with zero attached hydrogens (tertiary/aromatic N) is 2. The number of carbonyl (C=O) groups excluding carboxylic acids is 6. The zero-order valence-electron chi connectivity index (χ0n) is 25.4. The van der Waals surface area contributed by atoms with Crippen molar-refractivity contribution in [3.05, 3.63) is 47.8 Å². The van der Waals surface area contributed by atoms with Gasteiger partial charge in [-0.15, -0.1) is 6.58 Å². The Kier molecular flexibility index (Phi) is 8.57. The van der Waals surface area contributed by atoms with Gasteiger partial charge in [0, 0.05) is 37.8 Å². The van der Waals surface area contributed by atoms with E-state index in [-0.39, 0.29) is 45.3 Å². The number of fused-ring (bicyclic) bond motifs is 1. The average Bonchev–Trinajstić information content (AvgIpc) is 3.85. The van der Waals surface area contributed by atoms with Crippen LogP contribution in [0.4, 0.5) is 9.18 Å². The van der Waals surface area contributed by atoms with E-state index in [2.05, 4.69) is 16.6 Å². The molecule has 2 saturated heterocycles. The molecule has 5 atom stereocenters. The molecule has 3 heterocycles. The van der Waals surface area contributed by atoms with Crippen LogP contribution in [-0.4, -0.2) is 90.4 Å². The summed E-state index contributed by atoms with van der Waals surface area (Å²) in [6.07, 6.45) is -0.467. The Morgan fingerprint density at radius 2 is 1.91 bits per heavy atom. The van der Waals surface area contributed by atoms with Gasteiger partial charge in [0.2, 0.25) is 21.8 Å². The van der Waals surface area contributed by atoms with Crippen LogP contribution in [0.15, 0.2) is 30.9 Å². The smallest absolute Gasteiger partial charge is 0.410 e. The maximum atomic E-state index is 14.3. The highest BCUT2D eigenvalue weighted by molar-refractivity contribution is 7.90. The minimum absolute atomic E-state index is 0.0132. The van der Waals surface area contributed by atoms with Crippen molar-refractivity contribution in [3.8, 4) is 0 Å². The first-order chi connectivity index (χ1) is 22.3. The van der Waals surface area contributed by atoms with Gasteiger partial charge in [0.05, 0.1) is 36.3 Å². The van der Waals surface area contributed by atoms with Gasteiger partial charge in [0.25, 0.3) is 5.91 Å². The van der Waals surface area contributed by atoms with E-state index in [1.54, 1.807) is 12.1 Å². The lowest BCUT2D eigenvalue weighted by Crippen LogP contribution is -2.48. The molecule has 0 spiro atoms. The number of hydrogen-bond donors (Lipinski definition) is 2. The van der Waals surface area contributed by atoms with E-state index in [1.165, 1.54) is 17.0 Å². The number of likely N-dealkylation sites (tertiary alicyclic amines) is 1. The summed E-state index contributed by atoms with van der Waals surface area (Å²) in [5.74, 6) is -4.15. The van der Waals surface area contributed by atoms with Crippen LogP contribution in [0.25, 0.3) is 0 Å². The van der Waals surface area contributed by atoms with E-state index in [4.69, 9.17) is 9.47 Å². The number of carbonyl (C=O) groups is 6. The third-order valence-electron chi connectivity index (χ3n) is 9.56. The maximum Gasteiger partial charge on any atom is 0.410 e. The number of benzene rings is 1. The second kappa shape index (κ2) is 12.4. The Morgan fingerprint density at radius 1 is 1.15 bits per heavy atom. The lowest BCUT2D eigenvalue weighted by atomic mass is 9.91. The molecule has 5 aliphatic rings. The van der Waals surface area contributed by atoms with Crippen LogP contribution >= 0.6 is 0 Å². The monoisotopic (exact) mass is 674 g/mol.